The second kappa shape index (κ2) is 7.06. The molecule has 6 nitrogen and oxygen atoms in total. The van der Waals surface area contributed by atoms with Crippen LogP contribution in [0.1, 0.15) is 55.7 Å². The van der Waals surface area contributed by atoms with Gasteiger partial charge < -0.3 is 9.84 Å². The van der Waals surface area contributed by atoms with Gasteiger partial charge in [-0.2, -0.15) is 0 Å². The number of aromatic nitrogens is 3. The summed E-state index contributed by atoms with van der Waals surface area (Å²) >= 11 is 0. The summed E-state index contributed by atoms with van der Waals surface area (Å²) in [7, 11) is 0. The number of rotatable bonds is 7. The van der Waals surface area contributed by atoms with Crippen LogP contribution >= 0.6 is 0 Å². The number of unbranched alkanes of at least 4 members (excludes halogenated alkanes) is 1. The third-order valence-electron chi connectivity index (χ3n) is 3.30. The molecule has 0 fully saturated rings. The Morgan fingerprint density at radius 1 is 1.32 bits per heavy atom. The van der Waals surface area contributed by atoms with Gasteiger partial charge in [0.25, 0.3) is 0 Å². The number of carboxylic acid groups (broad SMARTS) is 1. The van der Waals surface area contributed by atoms with E-state index in [0.717, 1.165) is 24.3 Å². The number of nitrogens with zero attached hydrogens (tertiary/aromatic N) is 3. The van der Waals surface area contributed by atoms with E-state index >= 15 is 0 Å². The third kappa shape index (κ3) is 3.44. The van der Waals surface area contributed by atoms with Crippen molar-refractivity contribution in [2.24, 2.45) is 0 Å². The van der Waals surface area contributed by atoms with Gasteiger partial charge in [0.05, 0.1) is 18.0 Å². The van der Waals surface area contributed by atoms with Crippen molar-refractivity contribution in [2.45, 2.75) is 39.5 Å². The van der Waals surface area contributed by atoms with Gasteiger partial charge in [-0.3, -0.25) is 0 Å². The fourth-order valence-electron chi connectivity index (χ4n) is 2.17. The summed E-state index contributed by atoms with van der Waals surface area (Å²) in [6.45, 7) is 6.65. The zero-order valence-electron chi connectivity index (χ0n) is 13.1. The lowest BCUT2D eigenvalue weighted by molar-refractivity contribution is 0.0688. The lowest BCUT2D eigenvalue weighted by Gasteiger charge is -2.11. The van der Waals surface area contributed by atoms with E-state index in [0.29, 0.717) is 12.3 Å². The molecule has 0 unspecified atom stereocenters. The zero-order valence-corrected chi connectivity index (χ0v) is 13.1. The molecule has 1 heterocycles. The highest BCUT2D eigenvalue weighted by Crippen LogP contribution is 2.23. The van der Waals surface area contributed by atoms with Crippen molar-refractivity contribution >= 4 is 5.97 Å². The van der Waals surface area contributed by atoms with E-state index in [9.17, 15) is 9.90 Å². The van der Waals surface area contributed by atoms with Crippen molar-refractivity contribution in [3.63, 3.8) is 0 Å². The van der Waals surface area contributed by atoms with Crippen LogP contribution in [0.15, 0.2) is 24.3 Å². The number of benzene rings is 1. The monoisotopic (exact) mass is 303 g/mol. The molecule has 1 aromatic heterocycles. The number of hydrogen-bond acceptors (Lipinski definition) is 4. The SMILES string of the molecule is CCCCOc1ccc(-n2nnc(C(=O)O)c2C(C)C)cc1. The van der Waals surface area contributed by atoms with Crippen LogP contribution in [0.4, 0.5) is 0 Å². The molecule has 2 rings (SSSR count). The molecule has 0 aliphatic carbocycles. The summed E-state index contributed by atoms with van der Waals surface area (Å²) < 4.78 is 7.19. The maximum absolute atomic E-state index is 11.2. The Bertz CT molecular complexity index is 633. The minimum absolute atomic E-state index is 0.00146. The molecule has 0 bridgehead atoms. The molecule has 22 heavy (non-hydrogen) atoms. The summed E-state index contributed by atoms with van der Waals surface area (Å²) in [6, 6.07) is 7.43. The molecule has 1 N–H and O–H groups in total. The molecule has 0 aliphatic rings. The summed E-state index contributed by atoms with van der Waals surface area (Å²) in [5, 5.41) is 17.0. The first-order valence-electron chi connectivity index (χ1n) is 7.46. The van der Waals surface area contributed by atoms with Crippen LogP contribution in [0.5, 0.6) is 5.75 Å². The maximum Gasteiger partial charge on any atom is 0.358 e. The second-order valence-corrected chi connectivity index (χ2v) is 5.39. The lowest BCUT2D eigenvalue weighted by atomic mass is 10.1. The number of hydrogen-bond donors (Lipinski definition) is 1. The molecule has 6 heteroatoms. The molecule has 0 radical (unpaired) electrons. The molecular formula is C16H21N3O3. The van der Waals surface area contributed by atoms with Gasteiger partial charge in [-0.1, -0.05) is 32.4 Å². The van der Waals surface area contributed by atoms with Crippen LogP contribution in [0.25, 0.3) is 5.69 Å². The number of carbonyl (C=O) groups is 1. The Balaban J connectivity index is 2.26. The van der Waals surface area contributed by atoms with Gasteiger partial charge in [-0.25, -0.2) is 9.48 Å². The topological polar surface area (TPSA) is 77.2 Å². The summed E-state index contributed by atoms with van der Waals surface area (Å²) in [5.74, 6) is -0.266. The van der Waals surface area contributed by atoms with E-state index in [4.69, 9.17) is 4.74 Å². The molecule has 0 saturated carbocycles. The van der Waals surface area contributed by atoms with E-state index in [1.807, 2.05) is 38.1 Å². The Morgan fingerprint density at radius 3 is 2.55 bits per heavy atom. The molecule has 0 amide bonds. The molecule has 0 atom stereocenters. The van der Waals surface area contributed by atoms with Gasteiger partial charge in [0.15, 0.2) is 5.69 Å². The Kier molecular flexibility index (Phi) is 5.14. The Morgan fingerprint density at radius 2 is 2.00 bits per heavy atom. The van der Waals surface area contributed by atoms with Gasteiger partial charge in [-0.05, 0) is 36.6 Å². The van der Waals surface area contributed by atoms with Gasteiger partial charge in [0.2, 0.25) is 0 Å². The normalized spacial score (nSPS) is 10.9. The minimum atomic E-state index is -1.06. The quantitative estimate of drug-likeness (QED) is 0.794. The van der Waals surface area contributed by atoms with Crippen LogP contribution in [-0.4, -0.2) is 32.7 Å². The summed E-state index contributed by atoms with van der Waals surface area (Å²) in [5.41, 5.74) is 1.36. The minimum Gasteiger partial charge on any atom is -0.494 e. The lowest BCUT2D eigenvalue weighted by Crippen LogP contribution is -2.08. The van der Waals surface area contributed by atoms with Crippen LogP contribution in [0, 0.1) is 0 Å². The average molecular weight is 303 g/mol. The predicted octanol–water partition coefficient (Wildman–Crippen LogP) is 3.27. The summed E-state index contributed by atoms with van der Waals surface area (Å²) in [4.78, 5) is 11.2. The Hall–Kier alpha value is -2.37. The molecule has 0 saturated heterocycles. The van der Waals surface area contributed by atoms with Crippen LogP contribution in [-0.2, 0) is 0 Å². The molecule has 2 aromatic rings. The highest BCUT2D eigenvalue weighted by Gasteiger charge is 2.22. The number of aromatic carboxylic acids is 1. The van der Waals surface area contributed by atoms with Crippen LogP contribution in [0.2, 0.25) is 0 Å². The highest BCUT2D eigenvalue weighted by molar-refractivity contribution is 5.86. The van der Waals surface area contributed by atoms with Crippen molar-refractivity contribution in [1.29, 1.82) is 0 Å². The predicted molar refractivity (Wildman–Crippen MR) is 82.8 cm³/mol. The largest absolute Gasteiger partial charge is 0.494 e. The third-order valence-corrected chi connectivity index (χ3v) is 3.30. The smallest absolute Gasteiger partial charge is 0.358 e. The Labute approximate surface area is 129 Å². The van der Waals surface area contributed by atoms with Gasteiger partial charge in [-0.15, -0.1) is 5.10 Å². The van der Waals surface area contributed by atoms with Crippen molar-refractivity contribution in [3.8, 4) is 11.4 Å². The average Bonchev–Trinajstić information content (AvgIpc) is 2.93. The van der Waals surface area contributed by atoms with E-state index < -0.39 is 5.97 Å². The van der Waals surface area contributed by atoms with Gasteiger partial charge in [0.1, 0.15) is 5.75 Å². The zero-order chi connectivity index (χ0) is 16.1. The first-order chi connectivity index (χ1) is 10.5. The van der Waals surface area contributed by atoms with Gasteiger partial charge >= 0.3 is 5.97 Å². The number of carboxylic acids is 1. The molecule has 0 spiro atoms. The van der Waals surface area contributed by atoms with Crippen molar-refractivity contribution in [2.75, 3.05) is 6.61 Å². The van der Waals surface area contributed by atoms with Gasteiger partial charge in [0, 0.05) is 0 Å². The molecule has 118 valence electrons. The van der Waals surface area contributed by atoms with Crippen molar-refractivity contribution < 1.29 is 14.6 Å². The van der Waals surface area contributed by atoms with E-state index in [1.54, 1.807) is 4.68 Å². The first kappa shape index (κ1) is 16.0. The fourth-order valence-corrected chi connectivity index (χ4v) is 2.17. The van der Waals surface area contributed by atoms with Crippen LogP contribution in [0.3, 0.4) is 0 Å². The molecule has 1 aromatic carbocycles. The highest BCUT2D eigenvalue weighted by atomic mass is 16.5. The van der Waals surface area contributed by atoms with Crippen LogP contribution < -0.4 is 4.74 Å². The van der Waals surface area contributed by atoms with Crippen molar-refractivity contribution in [1.82, 2.24) is 15.0 Å². The maximum atomic E-state index is 11.2. The standard InChI is InChI=1S/C16H21N3O3/c1-4-5-10-22-13-8-6-12(7-9-13)19-15(11(2)3)14(16(20)21)17-18-19/h6-9,11H,4-5,10H2,1-3H3,(H,20,21). The fraction of sp³-hybridized carbons (Fsp3) is 0.438. The second-order valence-electron chi connectivity index (χ2n) is 5.39. The van der Waals surface area contributed by atoms with E-state index in [-0.39, 0.29) is 11.6 Å². The van der Waals surface area contributed by atoms with Crippen molar-refractivity contribution in [3.05, 3.63) is 35.7 Å². The van der Waals surface area contributed by atoms with E-state index in [1.165, 1.54) is 0 Å². The first-order valence-corrected chi connectivity index (χ1v) is 7.46. The van der Waals surface area contributed by atoms with E-state index in [2.05, 4.69) is 17.2 Å². The molecule has 0 aliphatic heterocycles. The molecular weight excluding hydrogens is 282 g/mol. The number of ether oxygens (including phenoxy) is 1. The summed E-state index contributed by atoms with van der Waals surface area (Å²) in [6.07, 6.45) is 2.11.